The zero-order valence-electron chi connectivity index (χ0n) is 6.00. The molecule has 0 aliphatic carbocycles. The maximum atomic E-state index is 9.00. The van der Waals surface area contributed by atoms with Gasteiger partial charge in [0.2, 0.25) is 0 Å². The molecule has 11 heavy (non-hydrogen) atoms. The Balaban J connectivity index is -0.0000000339. The fourth-order valence-electron chi connectivity index (χ4n) is 0. The van der Waals surface area contributed by atoms with Crippen LogP contribution in [0.4, 0.5) is 0 Å². The number of carboxylic acids is 2. The molecule has 7 heteroatoms. The number of hydrogen-bond donors (Lipinski definition) is 2. The second-order valence-electron chi connectivity index (χ2n) is 1.04. The normalized spacial score (nSPS) is 4.91. The summed E-state index contributed by atoms with van der Waals surface area (Å²) in [5, 5.41) is 14.8. The molecule has 0 fully saturated rings. The van der Waals surface area contributed by atoms with Gasteiger partial charge in [-0.25, -0.2) is 0 Å². The Labute approximate surface area is 88.5 Å². The minimum absolute atomic E-state index is 0. The van der Waals surface area contributed by atoms with Gasteiger partial charge in [-0.3, -0.25) is 9.59 Å². The second-order valence-corrected chi connectivity index (χ2v) is 1.04. The topological polar surface area (TPSA) is 91.7 Å². The molecule has 0 amide bonds. The van der Waals surface area contributed by atoms with Crippen molar-refractivity contribution in [3.05, 3.63) is 0 Å². The van der Waals surface area contributed by atoms with E-state index in [0.717, 1.165) is 13.8 Å². The molecule has 0 aromatic carbocycles. The van der Waals surface area contributed by atoms with Crippen LogP contribution in [0, 0.1) is 0 Å². The Morgan fingerprint density at radius 2 is 1.00 bits per heavy atom. The van der Waals surface area contributed by atoms with E-state index in [1.807, 2.05) is 0 Å². The predicted molar refractivity (Wildman–Crippen MR) is 34.5 cm³/mol. The van der Waals surface area contributed by atoms with Crippen molar-refractivity contribution in [1.82, 2.24) is 0 Å². The number of carboxylic acid groups (broad SMARTS) is 2. The van der Waals surface area contributed by atoms with Gasteiger partial charge in [0.15, 0.2) is 0 Å². The fraction of sp³-hybridized carbons (Fsp3) is 0.500. The van der Waals surface area contributed by atoms with E-state index in [0.29, 0.717) is 23.0 Å². The fourth-order valence-corrected chi connectivity index (χ4v) is 0. The van der Waals surface area contributed by atoms with Crippen LogP contribution in [0.5, 0.6) is 0 Å². The van der Waals surface area contributed by atoms with Gasteiger partial charge in [-0.1, -0.05) is 0 Å². The molecule has 0 saturated carbocycles. The number of carbonyl (C=O) groups is 2. The molecular formula is C4H9MnO5Sb. The average molecular weight is 314 g/mol. The second kappa shape index (κ2) is 22.5. The first-order valence-corrected chi connectivity index (χ1v) is 3.22. The van der Waals surface area contributed by atoms with Crippen LogP contribution in [0.15, 0.2) is 0 Å². The van der Waals surface area contributed by atoms with E-state index < -0.39 is 11.9 Å². The summed E-state index contributed by atoms with van der Waals surface area (Å²) in [6.07, 6.45) is 0. The summed E-state index contributed by atoms with van der Waals surface area (Å²) in [4.78, 5) is 18.0. The number of hydrogen-bond acceptors (Lipinski definition) is 3. The van der Waals surface area contributed by atoms with Crippen LogP contribution in [0.2, 0.25) is 0 Å². The third-order valence-electron chi connectivity index (χ3n) is 0. The molecule has 0 unspecified atom stereocenters. The zero-order valence-corrected chi connectivity index (χ0v) is 10.0. The molecule has 5 nitrogen and oxygen atoms in total. The molecular weight excluding hydrogens is 305 g/mol. The van der Waals surface area contributed by atoms with Crippen LogP contribution < -0.4 is 0 Å². The first kappa shape index (κ1) is 22.5. The van der Waals surface area contributed by atoms with Crippen molar-refractivity contribution < 1.29 is 39.9 Å². The Bertz CT molecular complexity index is 86.7. The molecule has 0 saturated heterocycles. The van der Waals surface area contributed by atoms with Crippen LogP contribution >= 0.6 is 0 Å². The Morgan fingerprint density at radius 1 is 1.00 bits per heavy atom. The van der Waals surface area contributed by atoms with Crippen molar-refractivity contribution >= 4 is 35.0 Å². The molecule has 2 N–H and O–H groups in total. The van der Waals surface area contributed by atoms with Crippen molar-refractivity contribution in [3.63, 3.8) is 0 Å². The monoisotopic (exact) mass is 313 g/mol. The zero-order chi connectivity index (χ0) is 9.15. The summed E-state index contributed by atoms with van der Waals surface area (Å²) in [6, 6.07) is 0. The van der Waals surface area contributed by atoms with Crippen molar-refractivity contribution in [2.45, 2.75) is 13.8 Å². The van der Waals surface area contributed by atoms with E-state index in [1.165, 1.54) is 0 Å². The van der Waals surface area contributed by atoms with Gasteiger partial charge < -0.3 is 10.2 Å². The summed E-state index contributed by atoms with van der Waals surface area (Å²) in [5.74, 6) is -1.67. The average Bonchev–Trinajstić information content (AvgIpc) is 1.66. The van der Waals surface area contributed by atoms with Crippen molar-refractivity contribution in [1.29, 1.82) is 0 Å². The van der Waals surface area contributed by atoms with Crippen LogP contribution in [-0.2, 0) is 29.7 Å². The molecule has 0 heterocycles. The summed E-state index contributed by atoms with van der Waals surface area (Å²) >= 11 is 0.300. The van der Waals surface area contributed by atoms with E-state index in [2.05, 4.69) is 0 Å². The summed E-state index contributed by atoms with van der Waals surface area (Å²) in [5.41, 5.74) is 0. The molecule has 0 spiro atoms. The number of aliphatic carboxylic acids is 2. The molecule has 1 radical (unpaired) electrons. The third kappa shape index (κ3) is 109000. The van der Waals surface area contributed by atoms with Crippen LogP contribution in [0.1, 0.15) is 13.8 Å². The van der Waals surface area contributed by atoms with Crippen molar-refractivity contribution in [2.24, 2.45) is 0 Å². The van der Waals surface area contributed by atoms with Crippen LogP contribution in [0.3, 0.4) is 0 Å². The van der Waals surface area contributed by atoms with Gasteiger partial charge in [0.1, 0.15) is 0 Å². The minimum atomic E-state index is -0.833. The molecule has 0 aliphatic rings. The molecule has 67 valence electrons. The van der Waals surface area contributed by atoms with Crippen molar-refractivity contribution in [3.8, 4) is 0 Å². The van der Waals surface area contributed by atoms with E-state index >= 15 is 0 Å². The van der Waals surface area contributed by atoms with Crippen molar-refractivity contribution in [2.75, 3.05) is 0 Å². The van der Waals surface area contributed by atoms with Gasteiger partial charge in [-0.2, -0.15) is 0 Å². The van der Waals surface area contributed by atoms with Gasteiger partial charge in [-0.05, 0) is 0 Å². The number of rotatable bonds is 0. The Morgan fingerprint density at radius 3 is 1.00 bits per heavy atom. The van der Waals surface area contributed by atoms with Gasteiger partial charge in [0, 0.05) is 30.9 Å². The van der Waals surface area contributed by atoms with E-state index in [1.54, 1.807) is 0 Å². The molecule has 0 atom stereocenters. The van der Waals surface area contributed by atoms with Crippen LogP contribution in [-0.4, -0.2) is 45.2 Å². The van der Waals surface area contributed by atoms with Crippen LogP contribution in [0.25, 0.3) is 0 Å². The van der Waals surface area contributed by atoms with Gasteiger partial charge in [-0.15, -0.1) is 0 Å². The quantitative estimate of drug-likeness (QED) is 0.583. The third-order valence-corrected chi connectivity index (χ3v) is 0. The van der Waals surface area contributed by atoms with Gasteiger partial charge >= 0.3 is 26.0 Å². The Hall–Kier alpha value is 0.0777. The Kier molecular flexibility index (Phi) is 45.9. The molecule has 0 aliphatic heterocycles. The van der Waals surface area contributed by atoms with Gasteiger partial charge in [0.25, 0.3) is 11.9 Å². The summed E-state index contributed by atoms with van der Waals surface area (Å²) < 4.78 is 8.34. The summed E-state index contributed by atoms with van der Waals surface area (Å²) in [7, 11) is 0. The summed E-state index contributed by atoms with van der Waals surface area (Å²) in [6.45, 7) is 2.17. The molecule has 0 bridgehead atoms. The van der Waals surface area contributed by atoms with E-state index in [9.17, 15) is 0 Å². The molecule has 0 aromatic heterocycles. The first-order valence-electron chi connectivity index (χ1n) is 2.06. The molecule has 0 aromatic rings. The van der Waals surface area contributed by atoms with Gasteiger partial charge in [0.05, 0.1) is 0 Å². The van der Waals surface area contributed by atoms with E-state index in [-0.39, 0.29) is 17.1 Å². The maximum absolute atomic E-state index is 9.00. The standard InChI is InChI=1S/2C2H4O2.Mn.O.Sb.H/c2*1-2(3)4;;;;/h2*1H3,(H,3,4);;;;. The van der Waals surface area contributed by atoms with E-state index in [4.69, 9.17) is 22.8 Å². The predicted octanol–water partition coefficient (Wildman–Crippen LogP) is -0.588. The molecule has 0 rings (SSSR count). The SMILES string of the molecule is CC(=O)O.CC(=O)O.[Mn].[O]=[SbH]. The first-order chi connectivity index (χ1) is 4.46.